The molecule has 0 aliphatic rings. The van der Waals surface area contributed by atoms with Gasteiger partial charge in [0, 0.05) is 6.61 Å². The molecule has 0 aliphatic heterocycles. The molecule has 0 bridgehead atoms. The molecule has 0 heterocycles. The second-order valence-corrected chi connectivity index (χ2v) is 2.72. The van der Waals surface area contributed by atoms with Gasteiger partial charge in [0.1, 0.15) is 0 Å². The lowest BCUT2D eigenvalue weighted by molar-refractivity contribution is -0.164. The first-order chi connectivity index (χ1) is 5.06. The molecule has 0 radical (unpaired) electrons. The van der Waals surface area contributed by atoms with E-state index in [2.05, 4.69) is 0 Å². The van der Waals surface area contributed by atoms with Crippen LogP contribution in [0.1, 0.15) is 33.6 Å². The van der Waals surface area contributed by atoms with Gasteiger partial charge in [-0.15, -0.1) is 0 Å². The molecule has 11 heavy (non-hydrogen) atoms. The first kappa shape index (κ1) is 10.4. The first-order valence-corrected chi connectivity index (χ1v) is 3.94. The molecule has 1 N–H and O–H groups in total. The third kappa shape index (κ3) is 2.89. The third-order valence-corrected chi connectivity index (χ3v) is 1.64. The van der Waals surface area contributed by atoms with Gasteiger partial charge in [0.25, 0.3) is 0 Å². The smallest absolute Gasteiger partial charge is 0.335 e. The van der Waals surface area contributed by atoms with Crippen molar-refractivity contribution >= 4 is 5.97 Å². The maximum atomic E-state index is 10.7. The van der Waals surface area contributed by atoms with E-state index in [0.29, 0.717) is 13.0 Å². The summed E-state index contributed by atoms with van der Waals surface area (Å²) in [7, 11) is 0. The molecule has 0 saturated heterocycles. The summed E-state index contributed by atoms with van der Waals surface area (Å²) in [5.41, 5.74) is -0.983. The van der Waals surface area contributed by atoms with Gasteiger partial charge in [-0.2, -0.15) is 0 Å². The molecule has 0 rings (SSSR count). The Morgan fingerprint density at radius 3 is 2.36 bits per heavy atom. The summed E-state index contributed by atoms with van der Waals surface area (Å²) >= 11 is 0. The lowest BCUT2D eigenvalue weighted by Crippen LogP contribution is -2.38. The zero-order chi connectivity index (χ0) is 8.91. The van der Waals surface area contributed by atoms with Gasteiger partial charge in [-0.3, -0.25) is 0 Å². The predicted octanol–water partition coefficient (Wildman–Crippen LogP) is 1.67. The van der Waals surface area contributed by atoms with E-state index in [9.17, 15) is 4.79 Å². The Morgan fingerprint density at radius 2 is 2.09 bits per heavy atom. The van der Waals surface area contributed by atoms with Crippen LogP contribution in [0.4, 0.5) is 0 Å². The average molecular weight is 160 g/mol. The molecule has 66 valence electrons. The molecule has 0 aromatic rings. The molecule has 1 unspecified atom stereocenters. The molecule has 0 fully saturated rings. The monoisotopic (exact) mass is 160 g/mol. The summed E-state index contributed by atoms with van der Waals surface area (Å²) in [4.78, 5) is 10.7. The summed E-state index contributed by atoms with van der Waals surface area (Å²) in [6.45, 7) is 5.81. The van der Waals surface area contributed by atoms with E-state index in [4.69, 9.17) is 9.84 Å². The minimum atomic E-state index is -0.983. The van der Waals surface area contributed by atoms with Crippen molar-refractivity contribution in [3.05, 3.63) is 0 Å². The average Bonchev–Trinajstić information content (AvgIpc) is 1.88. The van der Waals surface area contributed by atoms with Crippen LogP contribution >= 0.6 is 0 Å². The van der Waals surface area contributed by atoms with Crippen LogP contribution in [0.15, 0.2) is 0 Å². The zero-order valence-corrected chi connectivity index (χ0v) is 7.39. The van der Waals surface area contributed by atoms with Gasteiger partial charge >= 0.3 is 5.97 Å². The molecular formula is C8H16O3. The van der Waals surface area contributed by atoms with Crippen LogP contribution in [0.3, 0.4) is 0 Å². The van der Waals surface area contributed by atoms with E-state index in [1.807, 2.05) is 6.92 Å². The maximum absolute atomic E-state index is 10.7. The van der Waals surface area contributed by atoms with Gasteiger partial charge in [-0.1, -0.05) is 13.3 Å². The van der Waals surface area contributed by atoms with Crippen molar-refractivity contribution in [2.45, 2.75) is 39.2 Å². The molecule has 3 heteroatoms. The number of hydrogen-bond donors (Lipinski definition) is 1. The molecule has 0 aromatic heterocycles. The van der Waals surface area contributed by atoms with Crippen LogP contribution < -0.4 is 0 Å². The molecule has 0 spiro atoms. The van der Waals surface area contributed by atoms with E-state index in [0.717, 1.165) is 6.42 Å². The van der Waals surface area contributed by atoms with Crippen molar-refractivity contribution in [3.8, 4) is 0 Å². The highest BCUT2D eigenvalue weighted by Crippen LogP contribution is 2.17. The minimum absolute atomic E-state index is 0.447. The molecule has 0 saturated carbocycles. The normalized spacial score (nSPS) is 15.9. The minimum Gasteiger partial charge on any atom is -0.479 e. The molecule has 0 amide bonds. The van der Waals surface area contributed by atoms with E-state index < -0.39 is 11.6 Å². The quantitative estimate of drug-likeness (QED) is 0.665. The predicted molar refractivity (Wildman–Crippen MR) is 42.6 cm³/mol. The van der Waals surface area contributed by atoms with Crippen molar-refractivity contribution in [1.82, 2.24) is 0 Å². The van der Waals surface area contributed by atoms with Crippen LogP contribution in [0, 0.1) is 0 Å². The van der Waals surface area contributed by atoms with Crippen LogP contribution in [0.2, 0.25) is 0 Å². The Bertz CT molecular complexity index is 125. The summed E-state index contributed by atoms with van der Waals surface area (Å²) < 4.78 is 5.13. The third-order valence-electron chi connectivity index (χ3n) is 1.64. The highest BCUT2D eigenvalue weighted by atomic mass is 16.5. The second-order valence-electron chi connectivity index (χ2n) is 2.72. The van der Waals surface area contributed by atoms with Gasteiger partial charge in [0.15, 0.2) is 5.60 Å². The van der Waals surface area contributed by atoms with Gasteiger partial charge in [0.05, 0.1) is 0 Å². The fourth-order valence-electron chi connectivity index (χ4n) is 1.04. The van der Waals surface area contributed by atoms with Gasteiger partial charge in [-0.05, 0) is 20.3 Å². The number of carbonyl (C=O) groups is 1. The van der Waals surface area contributed by atoms with E-state index in [-0.39, 0.29) is 0 Å². The molecule has 0 aromatic carbocycles. The first-order valence-electron chi connectivity index (χ1n) is 3.94. The molecule has 0 aliphatic carbocycles. The van der Waals surface area contributed by atoms with E-state index in [1.54, 1.807) is 13.8 Å². The summed E-state index contributed by atoms with van der Waals surface area (Å²) in [6.07, 6.45) is 1.39. The van der Waals surface area contributed by atoms with Crippen molar-refractivity contribution in [2.24, 2.45) is 0 Å². The number of ether oxygens (including phenoxy) is 1. The van der Waals surface area contributed by atoms with Crippen LogP contribution in [-0.4, -0.2) is 23.3 Å². The van der Waals surface area contributed by atoms with Crippen molar-refractivity contribution < 1.29 is 14.6 Å². The SMILES string of the molecule is CCCC(C)(OCC)C(=O)O. The largest absolute Gasteiger partial charge is 0.479 e. The standard InChI is InChI=1S/C8H16O3/c1-4-6-8(3,7(9)10)11-5-2/h4-6H2,1-3H3,(H,9,10). The number of carboxylic acids is 1. The van der Waals surface area contributed by atoms with Crippen molar-refractivity contribution in [1.29, 1.82) is 0 Å². The summed E-state index contributed by atoms with van der Waals surface area (Å²) in [5.74, 6) is -0.874. The van der Waals surface area contributed by atoms with Gasteiger partial charge in [-0.25, -0.2) is 4.79 Å². The van der Waals surface area contributed by atoms with Crippen LogP contribution in [0.5, 0.6) is 0 Å². The number of aliphatic carboxylic acids is 1. The number of rotatable bonds is 5. The fraction of sp³-hybridized carbons (Fsp3) is 0.875. The van der Waals surface area contributed by atoms with Crippen molar-refractivity contribution in [2.75, 3.05) is 6.61 Å². The molecule has 3 nitrogen and oxygen atoms in total. The Hall–Kier alpha value is -0.570. The van der Waals surface area contributed by atoms with Crippen LogP contribution in [0.25, 0.3) is 0 Å². The van der Waals surface area contributed by atoms with E-state index in [1.165, 1.54) is 0 Å². The highest BCUT2D eigenvalue weighted by Gasteiger charge is 2.32. The molecule has 1 atom stereocenters. The number of hydrogen-bond acceptors (Lipinski definition) is 2. The van der Waals surface area contributed by atoms with Crippen LogP contribution in [-0.2, 0) is 9.53 Å². The zero-order valence-electron chi connectivity index (χ0n) is 7.39. The Balaban J connectivity index is 4.13. The highest BCUT2D eigenvalue weighted by molar-refractivity contribution is 5.76. The Morgan fingerprint density at radius 1 is 1.55 bits per heavy atom. The number of carboxylic acid groups (broad SMARTS) is 1. The maximum Gasteiger partial charge on any atom is 0.335 e. The van der Waals surface area contributed by atoms with Crippen molar-refractivity contribution in [3.63, 3.8) is 0 Å². The lowest BCUT2D eigenvalue weighted by atomic mass is 10.0. The van der Waals surface area contributed by atoms with E-state index >= 15 is 0 Å². The molecular weight excluding hydrogens is 144 g/mol. The summed E-state index contributed by atoms with van der Waals surface area (Å²) in [5, 5.41) is 8.77. The Kier molecular flexibility index (Phi) is 4.11. The summed E-state index contributed by atoms with van der Waals surface area (Å²) in [6, 6.07) is 0. The second kappa shape index (κ2) is 4.34. The van der Waals surface area contributed by atoms with Gasteiger partial charge < -0.3 is 9.84 Å². The topological polar surface area (TPSA) is 46.5 Å². The Labute approximate surface area is 67.4 Å². The van der Waals surface area contributed by atoms with Gasteiger partial charge in [0.2, 0.25) is 0 Å². The fourth-order valence-corrected chi connectivity index (χ4v) is 1.04. The lowest BCUT2D eigenvalue weighted by Gasteiger charge is -2.23.